The van der Waals surface area contributed by atoms with Gasteiger partial charge >= 0.3 is 5.97 Å². The van der Waals surface area contributed by atoms with Gasteiger partial charge in [0.1, 0.15) is 17.2 Å². The first-order valence-corrected chi connectivity index (χ1v) is 6.45. The van der Waals surface area contributed by atoms with Crippen LogP contribution in [0.1, 0.15) is 34.6 Å². The Hall–Kier alpha value is -2.37. The van der Waals surface area contributed by atoms with Crippen molar-refractivity contribution in [3.63, 3.8) is 0 Å². The van der Waals surface area contributed by atoms with Crippen LogP contribution in [0.25, 0.3) is 0 Å². The summed E-state index contributed by atoms with van der Waals surface area (Å²) < 4.78 is 14.9. The molecule has 0 fully saturated rings. The third-order valence-electron chi connectivity index (χ3n) is 3.49. The molecule has 0 amide bonds. The minimum Gasteiger partial charge on any atom is -0.477 e. The van der Waals surface area contributed by atoms with Gasteiger partial charge in [0.05, 0.1) is 18.3 Å². The summed E-state index contributed by atoms with van der Waals surface area (Å²) in [4.78, 5) is 11.3. The Kier molecular flexibility index (Phi) is 2.93. The van der Waals surface area contributed by atoms with E-state index in [2.05, 4.69) is 10.4 Å². The summed E-state index contributed by atoms with van der Waals surface area (Å²) in [6, 6.07) is 6.13. The molecule has 0 radical (unpaired) electrons. The summed E-state index contributed by atoms with van der Waals surface area (Å²) in [5.41, 5.74) is 1.56. The van der Waals surface area contributed by atoms with Crippen molar-refractivity contribution in [3.05, 3.63) is 46.9 Å². The van der Waals surface area contributed by atoms with Crippen LogP contribution >= 0.6 is 0 Å². The molecule has 1 aliphatic heterocycles. The molecule has 5 nitrogen and oxygen atoms in total. The molecule has 0 saturated carbocycles. The third-order valence-corrected chi connectivity index (χ3v) is 3.49. The van der Waals surface area contributed by atoms with Crippen LogP contribution < -0.4 is 5.32 Å². The van der Waals surface area contributed by atoms with Gasteiger partial charge in [0.25, 0.3) is 0 Å². The van der Waals surface area contributed by atoms with E-state index in [-0.39, 0.29) is 17.4 Å². The van der Waals surface area contributed by atoms with Gasteiger partial charge in [0, 0.05) is 0 Å². The topological polar surface area (TPSA) is 67.2 Å². The van der Waals surface area contributed by atoms with Gasteiger partial charge in [0.2, 0.25) is 0 Å². The highest BCUT2D eigenvalue weighted by atomic mass is 19.1. The number of benzene rings is 1. The molecule has 2 aromatic rings. The van der Waals surface area contributed by atoms with Crippen LogP contribution in [0.2, 0.25) is 0 Å². The molecule has 2 heterocycles. The Balaban J connectivity index is 1.95. The van der Waals surface area contributed by atoms with Gasteiger partial charge < -0.3 is 10.4 Å². The van der Waals surface area contributed by atoms with Gasteiger partial charge in [-0.15, -0.1) is 0 Å². The lowest BCUT2D eigenvalue weighted by molar-refractivity contribution is 0.0697. The van der Waals surface area contributed by atoms with Crippen molar-refractivity contribution in [3.8, 4) is 0 Å². The van der Waals surface area contributed by atoms with Crippen LogP contribution in [0.4, 0.5) is 10.2 Å². The second-order valence-corrected chi connectivity index (χ2v) is 4.76. The third kappa shape index (κ3) is 1.93. The number of nitrogens with zero attached hydrogens (tertiary/aromatic N) is 2. The molecular weight excluding hydrogens is 261 g/mol. The number of carbonyl (C=O) groups is 1. The lowest BCUT2D eigenvalue weighted by atomic mass is 10.1. The van der Waals surface area contributed by atoms with E-state index in [9.17, 15) is 14.3 Å². The van der Waals surface area contributed by atoms with E-state index in [0.29, 0.717) is 24.5 Å². The van der Waals surface area contributed by atoms with Gasteiger partial charge in [-0.3, -0.25) is 0 Å². The first-order valence-electron chi connectivity index (χ1n) is 6.45. The molecule has 0 spiro atoms. The highest BCUT2D eigenvalue weighted by molar-refractivity contribution is 5.95. The molecule has 1 unspecified atom stereocenters. The number of hydrogen-bond acceptors (Lipinski definition) is 3. The first kappa shape index (κ1) is 12.7. The number of anilines is 1. The fraction of sp³-hybridized carbons (Fsp3) is 0.286. The fourth-order valence-electron chi connectivity index (χ4n) is 2.56. The Bertz CT molecular complexity index is 681. The van der Waals surface area contributed by atoms with Gasteiger partial charge in [0.15, 0.2) is 0 Å². The molecule has 0 bridgehead atoms. The summed E-state index contributed by atoms with van der Waals surface area (Å²) >= 11 is 0. The standard InChI is InChI=1S/C14H14FN3O2/c1-2-10-12(14(19)20)13-16-11(7-18(13)17-10)8-4-3-5-9(15)6-8/h3-6,11,16H,2,7H2,1H3,(H,19,20). The van der Waals surface area contributed by atoms with Gasteiger partial charge in [-0.2, -0.15) is 5.10 Å². The Morgan fingerprint density at radius 3 is 3.05 bits per heavy atom. The van der Waals surface area contributed by atoms with Crippen molar-refractivity contribution >= 4 is 11.8 Å². The van der Waals surface area contributed by atoms with E-state index >= 15 is 0 Å². The van der Waals surface area contributed by atoms with Crippen LogP contribution in [0.15, 0.2) is 24.3 Å². The van der Waals surface area contributed by atoms with E-state index in [1.807, 2.05) is 13.0 Å². The monoisotopic (exact) mass is 275 g/mol. The van der Waals surface area contributed by atoms with E-state index in [1.54, 1.807) is 10.7 Å². The quantitative estimate of drug-likeness (QED) is 0.903. The number of carboxylic acids is 1. The number of halogens is 1. The number of hydrogen-bond donors (Lipinski definition) is 2. The van der Waals surface area contributed by atoms with Gasteiger partial charge in [-0.25, -0.2) is 13.9 Å². The molecule has 1 aromatic heterocycles. The molecule has 6 heteroatoms. The Morgan fingerprint density at radius 2 is 2.40 bits per heavy atom. The van der Waals surface area contributed by atoms with Crippen molar-refractivity contribution in [2.75, 3.05) is 5.32 Å². The van der Waals surface area contributed by atoms with Crippen LogP contribution in [0.3, 0.4) is 0 Å². The maximum atomic E-state index is 13.3. The minimum atomic E-state index is -0.990. The molecule has 2 N–H and O–H groups in total. The summed E-state index contributed by atoms with van der Waals surface area (Å²) in [5.74, 6) is -0.791. The first-order chi connectivity index (χ1) is 9.60. The van der Waals surface area contributed by atoms with Gasteiger partial charge in [-0.05, 0) is 24.1 Å². The zero-order valence-corrected chi connectivity index (χ0v) is 10.9. The second kappa shape index (κ2) is 4.63. The largest absolute Gasteiger partial charge is 0.477 e. The highest BCUT2D eigenvalue weighted by Gasteiger charge is 2.30. The molecule has 1 aromatic carbocycles. The Morgan fingerprint density at radius 1 is 1.60 bits per heavy atom. The number of aromatic nitrogens is 2. The minimum absolute atomic E-state index is 0.155. The van der Waals surface area contributed by atoms with Crippen molar-refractivity contribution in [2.45, 2.75) is 25.9 Å². The van der Waals surface area contributed by atoms with Crippen molar-refractivity contribution in [2.24, 2.45) is 0 Å². The molecule has 20 heavy (non-hydrogen) atoms. The lowest BCUT2D eigenvalue weighted by Gasteiger charge is -2.11. The zero-order chi connectivity index (χ0) is 14.3. The number of carboxylic acid groups (broad SMARTS) is 1. The summed E-state index contributed by atoms with van der Waals surface area (Å²) in [6.45, 7) is 2.37. The van der Waals surface area contributed by atoms with Crippen molar-refractivity contribution in [1.29, 1.82) is 0 Å². The van der Waals surface area contributed by atoms with Crippen molar-refractivity contribution in [1.82, 2.24) is 9.78 Å². The molecule has 1 aliphatic rings. The van der Waals surface area contributed by atoms with Crippen LogP contribution in [0, 0.1) is 5.82 Å². The summed E-state index contributed by atoms with van der Waals surface area (Å²) in [5, 5.41) is 16.7. The van der Waals surface area contributed by atoms with Crippen LogP contribution in [-0.4, -0.2) is 20.9 Å². The zero-order valence-electron chi connectivity index (χ0n) is 10.9. The number of aryl methyl sites for hydroxylation is 1. The maximum Gasteiger partial charge on any atom is 0.341 e. The van der Waals surface area contributed by atoms with Gasteiger partial charge in [-0.1, -0.05) is 19.1 Å². The average molecular weight is 275 g/mol. The number of nitrogens with one attached hydrogen (secondary N) is 1. The molecule has 1 atom stereocenters. The Labute approximate surface area is 115 Å². The average Bonchev–Trinajstić information content (AvgIpc) is 2.94. The predicted octanol–water partition coefficient (Wildman–Crippen LogP) is 2.45. The highest BCUT2D eigenvalue weighted by Crippen LogP contribution is 2.33. The summed E-state index contributed by atoms with van der Waals surface area (Å²) in [6.07, 6.45) is 0.563. The molecule has 0 saturated heterocycles. The maximum absolute atomic E-state index is 13.3. The molecular formula is C14H14FN3O2. The fourth-order valence-corrected chi connectivity index (χ4v) is 2.56. The van der Waals surface area contributed by atoms with E-state index in [4.69, 9.17) is 0 Å². The van der Waals surface area contributed by atoms with Crippen LogP contribution in [0.5, 0.6) is 0 Å². The number of fused-ring (bicyclic) bond motifs is 1. The van der Waals surface area contributed by atoms with E-state index < -0.39 is 5.97 Å². The number of aromatic carboxylic acids is 1. The number of rotatable bonds is 3. The smallest absolute Gasteiger partial charge is 0.341 e. The SMILES string of the molecule is CCc1nn2c(c1C(=O)O)NC(c1cccc(F)c1)C2. The lowest BCUT2D eigenvalue weighted by Crippen LogP contribution is -2.10. The predicted molar refractivity (Wildman–Crippen MR) is 71.3 cm³/mol. The second-order valence-electron chi connectivity index (χ2n) is 4.76. The van der Waals surface area contributed by atoms with Crippen LogP contribution in [-0.2, 0) is 13.0 Å². The molecule has 3 rings (SSSR count). The molecule has 0 aliphatic carbocycles. The van der Waals surface area contributed by atoms with E-state index in [0.717, 1.165) is 5.56 Å². The normalized spacial score (nSPS) is 16.8. The van der Waals surface area contributed by atoms with E-state index in [1.165, 1.54) is 12.1 Å². The summed E-state index contributed by atoms with van der Waals surface area (Å²) in [7, 11) is 0. The van der Waals surface area contributed by atoms with Crippen molar-refractivity contribution < 1.29 is 14.3 Å². The molecule has 104 valence electrons.